The van der Waals surface area contributed by atoms with E-state index in [4.69, 9.17) is 10.2 Å². The van der Waals surface area contributed by atoms with Crippen LogP contribution in [0.5, 0.6) is 0 Å². The van der Waals surface area contributed by atoms with Gasteiger partial charge in [0.15, 0.2) is 5.76 Å². The monoisotopic (exact) mass is 286 g/mol. The van der Waals surface area contributed by atoms with Crippen molar-refractivity contribution >= 4 is 16.9 Å². The van der Waals surface area contributed by atoms with E-state index in [0.717, 1.165) is 35.8 Å². The summed E-state index contributed by atoms with van der Waals surface area (Å²) < 4.78 is 5.75. The highest BCUT2D eigenvalue weighted by Gasteiger charge is 2.33. The molecule has 3 rings (SSSR count). The normalized spacial score (nSPS) is 22.7. The van der Waals surface area contributed by atoms with Crippen LogP contribution in [0.15, 0.2) is 28.7 Å². The van der Waals surface area contributed by atoms with Gasteiger partial charge in [-0.2, -0.15) is 0 Å². The van der Waals surface area contributed by atoms with Crippen molar-refractivity contribution in [1.82, 2.24) is 4.90 Å². The molecule has 1 aromatic heterocycles. The van der Waals surface area contributed by atoms with Crippen LogP contribution >= 0.6 is 0 Å². The Morgan fingerprint density at radius 3 is 2.95 bits per heavy atom. The Balaban J connectivity index is 1.94. The molecule has 1 aromatic carbocycles. The highest BCUT2D eigenvalue weighted by atomic mass is 16.3. The van der Waals surface area contributed by atoms with Gasteiger partial charge in [0.1, 0.15) is 5.58 Å². The van der Waals surface area contributed by atoms with Crippen molar-refractivity contribution in [2.24, 2.45) is 5.73 Å². The molecule has 0 aliphatic carbocycles. The van der Waals surface area contributed by atoms with Gasteiger partial charge < -0.3 is 15.1 Å². The van der Waals surface area contributed by atoms with Gasteiger partial charge in [-0.3, -0.25) is 4.79 Å². The van der Waals surface area contributed by atoms with Crippen molar-refractivity contribution in [3.8, 4) is 0 Å². The fourth-order valence-corrected chi connectivity index (χ4v) is 3.28. The number of hydrogen-bond donors (Lipinski definition) is 1. The number of nitrogens with two attached hydrogens (primary N) is 1. The van der Waals surface area contributed by atoms with Crippen molar-refractivity contribution in [1.29, 1.82) is 0 Å². The smallest absolute Gasteiger partial charge is 0.290 e. The molecule has 21 heavy (non-hydrogen) atoms. The number of fused-ring (bicyclic) bond motifs is 1. The predicted molar refractivity (Wildman–Crippen MR) is 83.3 cm³/mol. The van der Waals surface area contributed by atoms with Gasteiger partial charge in [-0.05, 0) is 51.3 Å². The Labute approximate surface area is 124 Å². The minimum Gasteiger partial charge on any atom is -0.451 e. The van der Waals surface area contributed by atoms with E-state index in [0.29, 0.717) is 12.3 Å². The number of nitrogens with zero attached hydrogens (tertiary/aromatic N) is 1. The van der Waals surface area contributed by atoms with Gasteiger partial charge in [-0.1, -0.05) is 11.6 Å². The van der Waals surface area contributed by atoms with Crippen LogP contribution in [0.1, 0.15) is 42.3 Å². The van der Waals surface area contributed by atoms with Crippen molar-refractivity contribution in [2.75, 3.05) is 6.54 Å². The molecule has 1 fully saturated rings. The molecule has 0 saturated carbocycles. The Hall–Kier alpha value is -1.81. The molecule has 2 atom stereocenters. The summed E-state index contributed by atoms with van der Waals surface area (Å²) in [4.78, 5) is 14.7. The molecule has 1 aliphatic heterocycles. The molecule has 2 unspecified atom stereocenters. The van der Waals surface area contributed by atoms with E-state index < -0.39 is 0 Å². The van der Waals surface area contributed by atoms with Crippen LogP contribution in [0.3, 0.4) is 0 Å². The minimum atomic E-state index is -0.0356. The van der Waals surface area contributed by atoms with Crippen LogP contribution in [0.4, 0.5) is 0 Å². The number of piperidine rings is 1. The molecule has 1 saturated heterocycles. The fraction of sp³-hybridized carbons (Fsp3) is 0.471. The zero-order valence-corrected chi connectivity index (χ0v) is 12.6. The van der Waals surface area contributed by atoms with E-state index in [1.54, 1.807) is 0 Å². The summed E-state index contributed by atoms with van der Waals surface area (Å²) >= 11 is 0. The van der Waals surface area contributed by atoms with Gasteiger partial charge in [0, 0.05) is 24.0 Å². The zero-order chi connectivity index (χ0) is 15.0. The van der Waals surface area contributed by atoms with E-state index in [1.165, 1.54) is 0 Å². The highest BCUT2D eigenvalue weighted by molar-refractivity contribution is 5.96. The van der Waals surface area contributed by atoms with E-state index in [1.807, 2.05) is 36.1 Å². The molecule has 0 spiro atoms. The van der Waals surface area contributed by atoms with Crippen LogP contribution in [-0.4, -0.2) is 29.4 Å². The van der Waals surface area contributed by atoms with Gasteiger partial charge in [0.05, 0.1) is 0 Å². The number of carbonyl (C=O) groups is 1. The first-order chi connectivity index (χ1) is 10.1. The molecule has 1 aliphatic rings. The molecular formula is C17H22N2O2. The molecule has 2 aromatic rings. The number of rotatable bonds is 2. The second-order valence-corrected chi connectivity index (χ2v) is 6.03. The summed E-state index contributed by atoms with van der Waals surface area (Å²) in [5, 5.41) is 0.979. The summed E-state index contributed by atoms with van der Waals surface area (Å²) in [5.41, 5.74) is 7.76. The predicted octanol–water partition coefficient (Wildman–Crippen LogP) is 3.08. The largest absolute Gasteiger partial charge is 0.451 e. The molecule has 112 valence electrons. The Morgan fingerprint density at radius 1 is 1.38 bits per heavy atom. The SMILES string of the molecule is Cc1ccc2oc(C(=O)N3C(C)CCCC3CN)cc2c1. The fourth-order valence-electron chi connectivity index (χ4n) is 3.28. The average molecular weight is 286 g/mol. The number of benzene rings is 1. The third kappa shape index (κ3) is 2.56. The number of carbonyl (C=O) groups excluding carboxylic acids is 1. The maximum absolute atomic E-state index is 12.8. The summed E-state index contributed by atoms with van der Waals surface area (Å²) in [5.74, 6) is 0.384. The molecule has 0 radical (unpaired) electrons. The minimum absolute atomic E-state index is 0.0356. The third-order valence-electron chi connectivity index (χ3n) is 4.42. The quantitative estimate of drug-likeness (QED) is 0.923. The van der Waals surface area contributed by atoms with E-state index >= 15 is 0 Å². The highest BCUT2D eigenvalue weighted by Crippen LogP contribution is 2.27. The van der Waals surface area contributed by atoms with E-state index in [-0.39, 0.29) is 18.0 Å². The van der Waals surface area contributed by atoms with Crippen LogP contribution < -0.4 is 5.73 Å². The van der Waals surface area contributed by atoms with Crippen molar-refractivity contribution < 1.29 is 9.21 Å². The van der Waals surface area contributed by atoms with Gasteiger partial charge in [-0.25, -0.2) is 0 Å². The first-order valence-electron chi connectivity index (χ1n) is 7.63. The number of amides is 1. The van der Waals surface area contributed by atoms with Gasteiger partial charge in [0.25, 0.3) is 5.91 Å². The summed E-state index contributed by atoms with van der Waals surface area (Å²) in [6.45, 7) is 4.63. The topological polar surface area (TPSA) is 59.5 Å². The molecule has 4 nitrogen and oxygen atoms in total. The van der Waals surface area contributed by atoms with Crippen LogP contribution in [0.25, 0.3) is 11.0 Å². The zero-order valence-electron chi connectivity index (χ0n) is 12.6. The number of likely N-dealkylation sites (tertiary alicyclic amines) is 1. The summed E-state index contributed by atoms with van der Waals surface area (Å²) in [6.07, 6.45) is 3.14. The Bertz CT molecular complexity index is 662. The van der Waals surface area contributed by atoms with Crippen LogP contribution in [-0.2, 0) is 0 Å². The van der Waals surface area contributed by atoms with Gasteiger partial charge in [-0.15, -0.1) is 0 Å². The standard InChI is InChI=1S/C17H22N2O2/c1-11-6-7-15-13(8-11)9-16(21-15)17(20)19-12(2)4-3-5-14(19)10-18/h6-9,12,14H,3-5,10,18H2,1-2H3. The van der Waals surface area contributed by atoms with E-state index in [9.17, 15) is 4.79 Å². The Kier molecular flexibility index (Phi) is 3.72. The molecule has 2 heterocycles. The maximum atomic E-state index is 12.8. The van der Waals surface area contributed by atoms with Gasteiger partial charge >= 0.3 is 0 Å². The molecule has 0 bridgehead atoms. The van der Waals surface area contributed by atoms with Crippen molar-refractivity contribution in [3.63, 3.8) is 0 Å². The molecule has 4 heteroatoms. The lowest BCUT2D eigenvalue weighted by Gasteiger charge is -2.39. The van der Waals surface area contributed by atoms with Crippen molar-refractivity contribution in [2.45, 2.75) is 45.2 Å². The summed E-state index contributed by atoms with van der Waals surface area (Å²) in [7, 11) is 0. The Morgan fingerprint density at radius 2 is 2.19 bits per heavy atom. The van der Waals surface area contributed by atoms with Crippen molar-refractivity contribution in [3.05, 3.63) is 35.6 Å². The number of aryl methyl sites for hydroxylation is 1. The number of furan rings is 1. The van der Waals surface area contributed by atoms with E-state index in [2.05, 4.69) is 6.92 Å². The average Bonchev–Trinajstić information content (AvgIpc) is 2.89. The second kappa shape index (κ2) is 5.53. The molecule has 1 amide bonds. The molecule has 2 N–H and O–H groups in total. The van der Waals surface area contributed by atoms with Crippen LogP contribution in [0, 0.1) is 6.92 Å². The first-order valence-corrected chi connectivity index (χ1v) is 7.63. The molecular weight excluding hydrogens is 264 g/mol. The summed E-state index contributed by atoms with van der Waals surface area (Å²) in [6, 6.07) is 8.13. The number of hydrogen-bond acceptors (Lipinski definition) is 3. The lowest BCUT2D eigenvalue weighted by Crippen LogP contribution is -2.51. The maximum Gasteiger partial charge on any atom is 0.290 e. The van der Waals surface area contributed by atoms with Crippen LogP contribution in [0.2, 0.25) is 0 Å². The third-order valence-corrected chi connectivity index (χ3v) is 4.42. The second-order valence-electron chi connectivity index (χ2n) is 6.03. The first kappa shape index (κ1) is 14.1. The lowest BCUT2D eigenvalue weighted by molar-refractivity contribution is 0.0464. The van der Waals surface area contributed by atoms with Gasteiger partial charge in [0.2, 0.25) is 0 Å². The lowest BCUT2D eigenvalue weighted by atomic mass is 9.96.